The van der Waals surface area contributed by atoms with Crippen LogP contribution in [0.2, 0.25) is 5.02 Å². The van der Waals surface area contributed by atoms with Crippen LogP contribution in [0.4, 0.5) is 17.5 Å². The number of aromatic nitrogens is 5. The van der Waals surface area contributed by atoms with E-state index in [2.05, 4.69) is 37.3 Å². The number of fused-ring (bicyclic) bond motifs is 1. The predicted octanol–water partition coefficient (Wildman–Crippen LogP) is 3.92. The zero-order valence-electron chi connectivity index (χ0n) is 16.1. The van der Waals surface area contributed by atoms with Gasteiger partial charge in [-0.3, -0.25) is 14.4 Å². The highest BCUT2D eigenvalue weighted by Gasteiger charge is 2.15. The van der Waals surface area contributed by atoms with Crippen molar-refractivity contribution in [1.29, 1.82) is 0 Å². The van der Waals surface area contributed by atoms with E-state index in [0.717, 1.165) is 12.2 Å². The van der Waals surface area contributed by atoms with Crippen molar-refractivity contribution in [3.63, 3.8) is 0 Å². The highest BCUT2D eigenvalue weighted by molar-refractivity contribution is 6.36. The standard InChI is InChI=1S/C20H19ClN8O/c1-3-16(30)28-8-5-6-13(7-9-28)24-19-17-15(21)11-22-18(17)26-20(27-19)25-14-10-23-29(4-2)12-14/h3,5-12H,1,4H2,2H3,(H3,22,24,25,26,27). The molecule has 0 bridgehead atoms. The number of hydrogen-bond acceptors (Lipinski definition) is 6. The number of hydrogen-bond donors (Lipinski definition) is 3. The number of carbonyl (C=O) groups excluding carboxylic acids is 1. The van der Waals surface area contributed by atoms with E-state index < -0.39 is 0 Å². The molecule has 0 saturated carbocycles. The molecule has 0 aromatic carbocycles. The topological polar surface area (TPSA) is 104 Å². The van der Waals surface area contributed by atoms with Crippen LogP contribution in [0.5, 0.6) is 0 Å². The maximum atomic E-state index is 11.8. The van der Waals surface area contributed by atoms with E-state index in [0.29, 0.717) is 33.5 Å². The molecule has 0 atom stereocenters. The van der Waals surface area contributed by atoms with Gasteiger partial charge in [0.25, 0.3) is 5.91 Å². The number of carbonyl (C=O) groups is 1. The summed E-state index contributed by atoms with van der Waals surface area (Å²) in [6.45, 7) is 6.27. The van der Waals surface area contributed by atoms with Crippen LogP contribution in [0.15, 0.2) is 67.6 Å². The first-order chi connectivity index (χ1) is 14.6. The van der Waals surface area contributed by atoms with E-state index in [-0.39, 0.29) is 5.91 Å². The van der Waals surface area contributed by atoms with Crippen LogP contribution >= 0.6 is 11.6 Å². The number of H-pyrrole nitrogens is 1. The Morgan fingerprint density at radius 3 is 2.97 bits per heavy atom. The summed E-state index contributed by atoms with van der Waals surface area (Å²) in [5.74, 6) is 0.676. The molecular weight excluding hydrogens is 404 g/mol. The first-order valence-electron chi connectivity index (χ1n) is 9.20. The van der Waals surface area contributed by atoms with Gasteiger partial charge in [-0.2, -0.15) is 15.1 Å². The van der Waals surface area contributed by atoms with Crippen molar-refractivity contribution in [2.24, 2.45) is 0 Å². The molecule has 1 amide bonds. The van der Waals surface area contributed by atoms with Crippen LogP contribution in [-0.4, -0.2) is 35.5 Å². The van der Waals surface area contributed by atoms with Gasteiger partial charge in [-0.1, -0.05) is 18.2 Å². The molecule has 4 rings (SSSR count). The number of allylic oxidation sites excluding steroid dienone is 3. The van der Waals surface area contributed by atoms with Crippen molar-refractivity contribution in [3.8, 4) is 0 Å². The molecule has 3 aromatic heterocycles. The van der Waals surface area contributed by atoms with Gasteiger partial charge >= 0.3 is 0 Å². The zero-order valence-corrected chi connectivity index (χ0v) is 16.9. The number of anilines is 3. The number of halogens is 1. The minimum Gasteiger partial charge on any atom is -0.344 e. The lowest BCUT2D eigenvalue weighted by molar-refractivity contribution is -0.121. The fourth-order valence-electron chi connectivity index (χ4n) is 2.85. The lowest BCUT2D eigenvalue weighted by Gasteiger charge is -2.11. The van der Waals surface area contributed by atoms with Gasteiger partial charge in [0.15, 0.2) is 0 Å². The Labute approximate surface area is 177 Å². The van der Waals surface area contributed by atoms with Gasteiger partial charge in [0.05, 0.1) is 22.3 Å². The third kappa shape index (κ3) is 3.96. The van der Waals surface area contributed by atoms with Crippen molar-refractivity contribution in [2.75, 3.05) is 10.6 Å². The van der Waals surface area contributed by atoms with Gasteiger partial charge in [-0.15, -0.1) is 0 Å². The minimum absolute atomic E-state index is 0.227. The molecular formula is C20H19ClN8O. The fourth-order valence-corrected chi connectivity index (χ4v) is 3.08. The maximum absolute atomic E-state index is 11.8. The maximum Gasteiger partial charge on any atom is 0.253 e. The third-order valence-corrected chi connectivity index (χ3v) is 4.62. The largest absolute Gasteiger partial charge is 0.344 e. The second-order valence-electron chi connectivity index (χ2n) is 6.32. The van der Waals surface area contributed by atoms with E-state index in [1.807, 2.05) is 19.2 Å². The molecule has 152 valence electrons. The second kappa shape index (κ2) is 8.26. The highest BCUT2D eigenvalue weighted by atomic mass is 35.5. The Morgan fingerprint density at radius 1 is 1.33 bits per heavy atom. The Morgan fingerprint density at radius 2 is 2.20 bits per heavy atom. The molecule has 1 aliphatic rings. The Hall–Kier alpha value is -3.85. The Kier molecular flexibility index (Phi) is 5.36. The fraction of sp³-hybridized carbons (Fsp3) is 0.100. The monoisotopic (exact) mass is 422 g/mol. The van der Waals surface area contributed by atoms with Gasteiger partial charge in [0, 0.05) is 37.0 Å². The summed E-state index contributed by atoms with van der Waals surface area (Å²) >= 11 is 6.35. The van der Waals surface area contributed by atoms with Gasteiger partial charge in [-0.05, 0) is 31.2 Å². The average molecular weight is 423 g/mol. The molecule has 3 aromatic rings. The summed E-state index contributed by atoms with van der Waals surface area (Å²) in [6, 6.07) is 0. The van der Waals surface area contributed by atoms with Crippen LogP contribution in [0.3, 0.4) is 0 Å². The molecule has 1 aliphatic heterocycles. The predicted molar refractivity (Wildman–Crippen MR) is 117 cm³/mol. The molecule has 0 aliphatic carbocycles. The summed E-state index contributed by atoms with van der Waals surface area (Å²) in [5, 5.41) is 11.8. The van der Waals surface area contributed by atoms with Gasteiger partial charge in [-0.25, -0.2) is 0 Å². The molecule has 10 heteroatoms. The number of nitrogens with zero attached hydrogens (tertiary/aromatic N) is 5. The number of aryl methyl sites for hydroxylation is 1. The van der Waals surface area contributed by atoms with Crippen molar-refractivity contribution >= 4 is 46.0 Å². The van der Waals surface area contributed by atoms with Crippen molar-refractivity contribution in [3.05, 3.63) is 72.6 Å². The van der Waals surface area contributed by atoms with E-state index in [1.54, 1.807) is 41.6 Å². The molecule has 0 radical (unpaired) electrons. The van der Waals surface area contributed by atoms with Crippen molar-refractivity contribution in [2.45, 2.75) is 13.5 Å². The molecule has 0 fully saturated rings. The number of amides is 1. The van der Waals surface area contributed by atoms with E-state index in [1.165, 1.54) is 11.0 Å². The number of aromatic amines is 1. The summed E-state index contributed by atoms with van der Waals surface area (Å²) in [4.78, 5) is 25.4. The van der Waals surface area contributed by atoms with Crippen LogP contribution in [0.25, 0.3) is 11.0 Å². The molecule has 0 saturated heterocycles. The average Bonchev–Trinajstić information content (AvgIpc) is 3.28. The van der Waals surface area contributed by atoms with Crippen LogP contribution in [-0.2, 0) is 11.3 Å². The third-order valence-electron chi connectivity index (χ3n) is 4.33. The smallest absolute Gasteiger partial charge is 0.253 e. The molecule has 4 heterocycles. The van der Waals surface area contributed by atoms with Gasteiger partial charge in [0.1, 0.15) is 11.5 Å². The van der Waals surface area contributed by atoms with E-state index in [4.69, 9.17) is 11.6 Å². The van der Waals surface area contributed by atoms with Gasteiger partial charge < -0.3 is 15.6 Å². The van der Waals surface area contributed by atoms with E-state index >= 15 is 0 Å². The molecule has 9 nitrogen and oxygen atoms in total. The molecule has 3 N–H and O–H groups in total. The summed E-state index contributed by atoms with van der Waals surface area (Å²) in [5.41, 5.74) is 2.07. The van der Waals surface area contributed by atoms with Crippen LogP contribution < -0.4 is 10.6 Å². The molecule has 30 heavy (non-hydrogen) atoms. The zero-order chi connectivity index (χ0) is 21.1. The van der Waals surface area contributed by atoms with E-state index in [9.17, 15) is 4.79 Å². The highest BCUT2D eigenvalue weighted by Crippen LogP contribution is 2.30. The molecule has 0 unspecified atom stereocenters. The Bertz CT molecular complexity index is 1200. The summed E-state index contributed by atoms with van der Waals surface area (Å²) in [7, 11) is 0. The lowest BCUT2D eigenvalue weighted by Crippen LogP contribution is -2.16. The Balaban J connectivity index is 1.65. The first kappa shape index (κ1) is 19.5. The first-order valence-corrected chi connectivity index (χ1v) is 9.57. The number of nitrogens with one attached hydrogen (secondary N) is 3. The van der Waals surface area contributed by atoms with Crippen molar-refractivity contribution in [1.82, 2.24) is 29.6 Å². The molecule has 0 spiro atoms. The van der Waals surface area contributed by atoms with Crippen molar-refractivity contribution < 1.29 is 4.79 Å². The lowest BCUT2D eigenvalue weighted by atomic mass is 10.3. The summed E-state index contributed by atoms with van der Waals surface area (Å²) in [6.07, 6.45) is 15.1. The van der Waals surface area contributed by atoms with Crippen LogP contribution in [0.1, 0.15) is 6.92 Å². The normalized spacial score (nSPS) is 13.3. The van der Waals surface area contributed by atoms with Gasteiger partial charge in [0.2, 0.25) is 5.95 Å². The second-order valence-corrected chi connectivity index (χ2v) is 6.73. The minimum atomic E-state index is -0.227. The quantitative estimate of drug-likeness (QED) is 0.520. The number of rotatable bonds is 6. The van der Waals surface area contributed by atoms with Crippen LogP contribution in [0, 0.1) is 0 Å². The SMILES string of the molecule is C=CC(=O)N1C=CC=C(Nc2nc(Nc3cnn(CC)c3)nc3[nH]cc(Cl)c23)C=C1. The summed E-state index contributed by atoms with van der Waals surface area (Å²) < 4.78 is 1.80.